The van der Waals surface area contributed by atoms with Crippen molar-refractivity contribution < 1.29 is 0 Å². The van der Waals surface area contributed by atoms with Gasteiger partial charge >= 0.3 is 0 Å². The molecule has 7 rings (SSSR count). The number of nitrogens with one attached hydrogen (secondary N) is 2. The van der Waals surface area contributed by atoms with Crippen LogP contribution in [0.4, 0.5) is 5.69 Å². The van der Waals surface area contributed by atoms with Crippen LogP contribution in [0.15, 0.2) is 163 Å². The van der Waals surface area contributed by atoms with Gasteiger partial charge in [-0.3, -0.25) is 20.8 Å². The summed E-state index contributed by atoms with van der Waals surface area (Å²) >= 11 is 0. The summed E-state index contributed by atoms with van der Waals surface area (Å²) in [5.74, 6) is 0. The summed E-state index contributed by atoms with van der Waals surface area (Å²) in [6.07, 6.45) is 9.61. The minimum atomic E-state index is 0.345. The first kappa shape index (κ1) is 28.6. The van der Waals surface area contributed by atoms with E-state index in [1.54, 1.807) is 6.20 Å². The SMILES string of the molecule is Cc1ccc(-c2cccc(C3=C/C(=N/Nc4cccc(-c5ccccc5)c4)C(=N)C(c4cccc(-c5cccnc5)c4)=C3)c2)cn1. The Balaban J connectivity index is 1.29. The lowest BCUT2D eigenvalue weighted by Gasteiger charge is -2.19. The van der Waals surface area contributed by atoms with Gasteiger partial charge in [0.1, 0.15) is 5.71 Å². The molecule has 4 aromatic carbocycles. The molecule has 0 atom stereocenters. The molecule has 2 aromatic heterocycles. The lowest BCUT2D eigenvalue weighted by molar-refractivity contribution is 1.20. The topological polar surface area (TPSA) is 74.0 Å². The second-order valence-electron chi connectivity index (χ2n) is 11.2. The van der Waals surface area contributed by atoms with Crippen LogP contribution in [0.5, 0.6) is 0 Å². The molecule has 5 heteroatoms. The van der Waals surface area contributed by atoms with Gasteiger partial charge in [0, 0.05) is 41.0 Å². The Bertz CT molecular complexity index is 2130. The fourth-order valence-corrected chi connectivity index (χ4v) is 5.55. The third-order valence-electron chi connectivity index (χ3n) is 8.00. The summed E-state index contributed by atoms with van der Waals surface area (Å²) in [4.78, 5) is 8.80. The van der Waals surface area contributed by atoms with E-state index < -0.39 is 0 Å². The summed E-state index contributed by atoms with van der Waals surface area (Å²) in [6.45, 7) is 1.99. The fourth-order valence-electron chi connectivity index (χ4n) is 5.55. The maximum atomic E-state index is 9.30. The van der Waals surface area contributed by atoms with Crippen molar-refractivity contribution in [3.63, 3.8) is 0 Å². The number of pyridine rings is 2. The Morgan fingerprint density at radius 3 is 1.96 bits per heavy atom. The van der Waals surface area contributed by atoms with E-state index in [2.05, 4.69) is 88.2 Å². The number of nitrogens with zero attached hydrogens (tertiary/aromatic N) is 3. The monoisotopic (exact) mass is 593 g/mol. The van der Waals surface area contributed by atoms with Gasteiger partial charge < -0.3 is 0 Å². The van der Waals surface area contributed by atoms with Crippen LogP contribution in [0.3, 0.4) is 0 Å². The van der Waals surface area contributed by atoms with E-state index in [1.165, 1.54) is 0 Å². The van der Waals surface area contributed by atoms with Gasteiger partial charge in [0.15, 0.2) is 0 Å². The predicted molar refractivity (Wildman–Crippen MR) is 191 cm³/mol. The van der Waals surface area contributed by atoms with E-state index in [0.29, 0.717) is 11.4 Å². The molecule has 46 heavy (non-hydrogen) atoms. The Morgan fingerprint density at radius 1 is 0.565 bits per heavy atom. The molecule has 220 valence electrons. The van der Waals surface area contributed by atoms with Crippen LogP contribution in [-0.2, 0) is 0 Å². The van der Waals surface area contributed by atoms with Crippen LogP contribution in [0, 0.1) is 12.3 Å². The first-order valence-corrected chi connectivity index (χ1v) is 15.2. The molecular weight excluding hydrogens is 562 g/mol. The zero-order valence-electron chi connectivity index (χ0n) is 25.4. The highest BCUT2D eigenvalue weighted by molar-refractivity contribution is 6.62. The Kier molecular flexibility index (Phi) is 7.95. The minimum Gasteiger partial charge on any atom is -0.298 e. The zero-order chi connectivity index (χ0) is 31.3. The van der Waals surface area contributed by atoms with Crippen LogP contribution >= 0.6 is 0 Å². The van der Waals surface area contributed by atoms with Crippen molar-refractivity contribution in [1.29, 1.82) is 5.41 Å². The number of aryl methyl sites for hydroxylation is 1. The molecule has 1 aliphatic carbocycles. The van der Waals surface area contributed by atoms with Crippen molar-refractivity contribution >= 4 is 28.3 Å². The quantitative estimate of drug-likeness (QED) is 0.143. The molecular formula is C41H31N5. The molecule has 0 radical (unpaired) electrons. The summed E-state index contributed by atoms with van der Waals surface area (Å²) in [7, 11) is 0. The molecule has 0 amide bonds. The second-order valence-corrected chi connectivity index (χ2v) is 11.2. The minimum absolute atomic E-state index is 0.345. The Labute approximate surface area is 268 Å². The van der Waals surface area contributed by atoms with Crippen molar-refractivity contribution in [2.45, 2.75) is 6.92 Å². The highest BCUT2D eigenvalue weighted by Crippen LogP contribution is 2.33. The number of hydrazone groups is 1. The third kappa shape index (κ3) is 6.21. The van der Waals surface area contributed by atoms with Crippen molar-refractivity contribution in [3.8, 4) is 33.4 Å². The molecule has 0 unspecified atom stereocenters. The fraction of sp³-hybridized carbons (Fsp3) is 0.0244. The summed E-state index contributed by atoms with van der Waals surface area (Å²) in [5, 5.41) is 14.1. The average Bonchev–Trinajstić information content (AvgIpc) is 3.12. The van der Waals surface area contributed by atoms with Crippen molar-refractivity contribution in [3.05, 3.63) is 175 Å². The van der Waals surface area contributed by atoms with Gasteiger partial charge in [-0.25, -0.2) is 0 Å². The van der Waals surface area contributed by atoms with Gasteiger partial charge in [-0.05, 0) is 94.4 Å². The van der Waals surface area contributed by atoms with Gasteiger partial charge in [0.05, 0.1) is 11.4 Å². The lowest BCUT2D eigenvalue weighted by Crippen LogP contribution is -2.18. The number of benzene rings is 4. The van der Waals surface area contributed by atoms with Crippen LogP contribution in [-0.4, -0.2) is 21.4 Å². The first-order valence-electron chi connectivity index (χ1n) is 15.2. The van der Waals surface area contributed by atoms with Crippen LogP contribution in [0.2, 0.25) is 0 Å². The highest BCUT2D eigenvalue weighted by Gasteiger charge is 2.21. The molecule has 2 N–H and O–H groups in total. The van der Waals surface area contributed by atoms with E-state index in [1.807, 2.05) is 86.1 Å². The summed E-state index contributed by atoms with van der Waals surface area (Å²) in [6, 6.07) is 43.2. The van der Waals surface area contributed by atoms with E-state index in [4.69, 9.17) is 5.10 Å². The highest BCUT2D eigenvalue weighted by atomic mass is 15.3. The molecule has 1 aliphatic rings. The number of hydrogen-bond donors (Lipinski definition) is 2. The second kappa shape index (κ2) is 12.8. The van der Waals surface area contributed by atoms with Crippen molar-refractivity contribution in [1.82, 2.24) is 9.97 Å². The number of rotatable bonds is 7. The van der Waals surface area contributed by atoms with Gasteiger partial charge in [0.2, 0.25) is 0 Å². The molecule has 0 bridgehead atoms. The molecule has 6 aromatic rings. The molecule has 2 heterocycles. The van der Waals surface area contributed by atoms with Crippen LogP contribution in [0.25, 0.3) is 44.5 Å². The van der Waals surface area contributed by atoms with E-state index in [-0.39, 0.29) is 0 Å². The van der Waals surface area contributed by atoms with Crippen molar-refractivity contribution in [2.75, 3.05) is 5.43 Å². The lowest BCUT2D eigenvalue weighted by atomic mass is 9.86. The number of allylic oxidation sites excluding steroid dienone is 4. The first-order chi connectivity index (χ1) is 22.6. The van der Waals surface area contributed by atoms with Crippen LogP contribution in [0.1, 0.15) is 16.8 Å². The van der Waals surface area contributed by atoms with Gasteiger partial charge in [0.25, 0.3) is 0 Å². The summed E-state index contributed by atoms with van der Waals surface area (Å²) in [5.41, 5.74) is 16.1. The smallest absolute Gasteiger partial charge is 0.109 e. The summed E-state index contributed by atoms with van der Waals surface area (Å²) < 4.78 is 0. The van der Waals surface area contributed by atoms with Gasteiger partial charge in [-0.2, -0.15) is 5.10 Å². The van der Waals surface area contributed by atoms with E-state index >= 15 is 0 Å². The molecule has 0 saturated carbocycles. The zero-order valence-corrected chi connectivity index (χ0v) is 25.4. The molecule has 5 nitrogen and oxygen atoms in total. The number of anilines is 1. The van der Waals surface area contributed by atoms with Crippen LogP contribution < -0.4 is 5.43 Å². The third-order valence-corrected chi connectivity index (χ3v) is 8.00. The molecule has 0 fully saturated rings. The maximum Gasteiger partial charge on any atom is 0.109 e. The molecule has 0 aliphatic heterocycles. The van der Waals surface area contributed by atoms with Crippen molar-refractivity contribution in [2.24, 2.45) is 5.10 Å². The van der Waals surface area contributed by atoms with E-state index in [9.17, 15) is 5.41 Å². The standard InChI is InChI=1S/C41H31N5/c1-28-18-19-36(27-44-28)30-11-5-13-32(21-30)37-24-39(34-15-6-12-31(22-34)35-16-8-20-43-26-35)41(42)40(25-37)46-45-38-17-7-14-33(23-38)29-9-3-2-4-10-29/h2-27,42,45H,1H3/b42-41?,46-40-. The Morgan fingerprint density at radius 2 is 1.22 bits per heavy atom. The predicted octanol–water partition coefficient (Wildman–Crippen LogP) is 9.75. The van der Waals surface area contributed by atoms with Gasteiger partial charge in [-0.15, -0.1) is 0 Å². The Hall–Kier alpha value is -6.20. The normalized spacial score (nSPS) is 13.7. The van der Waals surface area contributed by atoms with Gasteiger partial charge in [-0.1, -0.05) is 91.0 Å². The average molecular weight is 594 g/mol. The number of aromatic nitrogens is 2. The van der Waals surface area contributed by atoms with E-state index in [0.717, 1.165) is 67.0 Å². The molecule has 0 spiro atoms. The largest absolute Gasteiger partial charge is 0.298 e. The maximum absolute atomic E-state index is 9.30. The number of hydrogen-bond acceptors (Lipinski definition) is 5. The molecule has 0 saturated heterocycles.